The van der Waals surface area contributed by atoms with Crippen LogP contribution in [-0.2, 0) is 0 Å². The van der Waals surface area contributed by atoms with Crippen LogP contribution in [-0.4, -0.2) is 27.0 Å². The van der Waals surface area contributed by atoms with E-state index in [0.29, 0.717) is 0 Å². The molecule has 0 fully saturated rings. The Morgan fingerprint density at radius 3 is 2.71 bits per heavy atom. The standard InChI is InChI=1S/C19H17N5/c1-4-13-5-11(2)16(9-21-13)15-6-12-8-22-17(20-3)7-14(12)18-19(15)24-10-23-18/h4-10H,1H2,2-3H3,(H,20,22)(H,23,24). The summed E-state index contributed by atoms with van der Waals surface area (Å²) in [6.07, 6.45) is 7.25. The maximum absolute atomic E-state index is 4.54. The first-order chi connectivity index (χ1) is 11.7. The van der Waals surface area contributed by atoms with Gasteiger partial charge in [-0.3, -0.25) is 4.98 Å². The van der Waals surface area contributed by atoms with Crippen LogP contribution in [0.5, 0.6) is 0 Å². The Bertz CT molecular complexity index is 1080. The summed E-state index contributed by atoms with van der Waals surface area (Å²) in [5.74, 6) is 0.833. The molecular weight excluding hydrogens is 298 g/mol. The van der Waals surface area contributed by atoms with Crippen LogP contribution in [0.2, 0.25) is 0 Å². The van der Waals surface area contributed by atoms with E-state index >= 15 is 0 Å². The molecule has 24 heavy (non-hydrogen) atoms. The van der Waals surface area contributed by atoms with E-state index in [1.165, 1.54) is 0 Å². The van der Waals surface area contributed by atoms with Crippen molar-refractivity contribution in [1.82, 2.24) is 19.9 Å². The van der Waals surface area contributed by atoms with E-state index in [0.717, 1.165) is 50.0 Å². The lowest BCUT2D eigenvalue weighted by Crippen LogP contribution is -1.93. The molecule has 0 radical (unpaired) electrons. The highest BCUT2D eigenvalue weighted by molar-refractivity contribution is 6.11. The Morgan fingerprint density at radius 1 is 1.08 bits per heavy atom. The van der Waals surface area contributed by atoms with E-state index in [2.05, 4.69) is 44.8 Å². The Hall–Kier alpha value is -3.21. The highest BCUT2D eigenvalue weighted by atomic mass is 14.9. The number of imidazole rings is 1. The van der Waals surface area contributed by atoms with Crippen molar-refractivity contribution < 1.29 is 0 Å². The predicted octanol–water partition coefficient (Wildman–Crippen LogP) is 4.17. The molecule has 2 N–H and O–H groups in total. The molecule has 0 atom stereocenters. The first-order valence-corrected chi connectivity index (χ1v) is 7.74. The normalized spacial score (nSPS) is 11.1. The zero-order valence-corrected chi connectivity index (χ0v) is 13.6. The van der Waals surface area contributed by atoms with Crippen LogP contribution in [0.3, 0.4) is 0 Å². The van der Waals surface area contributed by atoms with E-state index in [-0.39, 0.29) is 0 Å². The number of anilines is 1. The minimum atomic E-state index is 0.833. The molecule has 0 saturated heterocycles. The first kappa shape index (κ1) is 14.4. The molecule has 0 aliphatic rings. The van der Waals surface area contributed by atoms with Gasteiger partial charge in [0.2, 0.25) is 0 Å². The van der Waals surface area contributed by atoms with Crippen LogP contribution >= 0.6 is 0 Å². The van der Waals surface area contributed by atoms with E-state index in [9.17, 15) is 0 Å². The van der Waals surface area contributed by atoms with Gasteiger partial charge < -0.3 is 10.3 Å². The zero-order chi connectivity index (χ0) is 16.7. The maximum Gasteiger partial charge on any atom is 0.126 e. The van der Waals surface area contributed by atoms with Crippen molar-refractivity contribution in [2.24, 2.45) is 0 Å². The molecule has 0 bridgehead atoms. The van der Waals surface area contributed by atoms with Crippen molar-refractivity contribution in [2.75, 3.05) is 12.4 Å². The van der Waals surface area contributed by atoms with Gasteiger partial charge in [-0.2, -0.15) is 0 Å². The number of hydrogen-bond acceptors (Lipinski definition) is 4. The molecule has 118 valence electrons. The molecule has 0 amide bonds. The lowest BCUT2D eigenvalue weighted by atomic mass is 9.97. The molecule has 0 spiro atoms. The van der Waals surface area contributed by atoms with Gasteiger partial charge in [-0.25, -0.2) is 9.97 Å². The molecule has 0 unspecified atom stereocenters. The number of aromatic nitrogens is 4. The van der Waals surface area contributed by atoms with Crippen molar-refractivity contribution in [2.45, 2.75) is 6.92 Å². The zero-order valence-electron chi connectivity index (χ0n) is 13.6. The van der Waals surface area contributed by atoms with Gasteiger partial charge in [0.1, 0.15) is 5.82 Å². The van der Waals surface area contributed by atoms with E-state index in [4.69, 9.17) is 0 Å². The fourth-order valence-corrected chi connectivity index (χ4v) is 3.04. The molecule has 4 aromatic rings. The Balaban J connectivity index is 2.05. The molecule has 0 aliphatic carbocycles. The third kappa shape index (κ3) is 2.13. The summed E-state index contributed by atoms with van der Waals surface area (Å²) in [6, 6.07) is 6.20. The second kappa shape index (κ2) is 5.45. The van der Waals surface area contributed by atoms with Gasteiger partial charge in [0, 0.05) is 41.3 Å². The molecule has 5 nitrogen and oxygen atoms in total. The molecule has 1 aromatic carbocycles. The monoisotopic (exact) mass is 315 g/mol. The number of benzene rings is 1. The van der Waals surface area contributed by atoms with Crippen molar-refractivity contribution in [3.63, 3.8) is 0 Å². The second-order valence-electron chi connectivity index (χ2n) is 5.72. The number of rotatable bonds is 3. The molecule has 4 rings (SSSR count). The molecule has 0 saturated carbocycles. The van der Waals surface area contributed by atoms with Crippen molar-refractivity contribution in [3.8, 4) is 11.1 Å². The van der Waals surface area contributed by atoms with Crippen molar-refractivity contribution in [3.05, 3.63) is 54.8 Å². The highest BCUT2D eigenvalue weighted by Crippen LogP contribution is 2.34. The van der Waals surface area contributed by atoms with Crippen LogP contribution in [0.1, 0.15) is 11.3 Å². The average Bonchev–Trinajstić information content (AvgIpc) is 3.10. The molecule has 3 heterocycles. The quantitative estimate of drug-likeness (QED) is 0.595. The SMILES string of the molecule is C=Cc1cc(C)c(-c2cc3cnc(NC)cc3c3[nH]cnc23)cn1. The van der Waals surface area contributed by atoms with E-state index in [1.807, 2.05) is 31.6 Å². The van der Waals surface area contributed by atoms with E-state index < -0.39 is 0 Å². The second-order valence-corrected chi connectivity index (χ2v) is 5.72. The minimum absolute atomic E-state index is 0.833. The van der Waals surface area contributed by atoms with Gasteiger partial charge in [0.05, 0.1) is 23.1 Å². The van der Waals surface area contributed by atoms with Gasteiger partial charge in [0.15, 0.2) is 0 Å². The van der Waals surface area contributed by atoms with Crippen LogP contribution in [0.25, 0.3) is 39.0 Å². The van der Waals surface area contributed by atoms with Crippen LogP contribution < -0.4 is 5.32 Å². The predicted molar refractivity (Wildman–Crippen MR) is 99.0 cm³/mol. The van der Waals surface area contributed by atoms with Crippen LogP contribution in [0.4, 0.5) is 5.82 Å². The van der Waals surface area contributed by atoms with Gasteiger partial charge in [-0.1, -0.05) is 6.58 Å². The van der Waals surface area contributed by atoms with Crippen LogP contribution in [0.15, 0.2) is 43.5 Å². The van der Waals surface area contributed by atoms with Gasteiger partial charge in [-0.05, 0) is 36.8 Å². The molecule has 5 heteroatoms. The first-order valence-electron chi connectivity index (χ1n) is 7.74. The summed E-state index contributed by atoms with van der Waals surface area (Å²) < 4.78 is 0. The lowest BCUT2D eigenvalue weighted by molar-refractivity contribution is 1.26. The van der Waals surface area contributed by atoms with Crippen LogP contribution in [0, 0.1) is 6.92 Å². The maximum atomic E-state index is 4.54. The number of H-pyrrole nitrogens is 1. The Morgan fingerprint density at radius 2 is 1.96 bits per heavy atom. The van der Waals surface area contributed by atoms with Crippen molar-refractivity contribution >= 4 is 33.7 Å². The Kier molecular flexibility index (Phi) is 3.27. The summed E-state index contributed by atoms with van der Waals surface area (Å²) in [7, 11) is 1.86. The summed E-state index contributed by atoms with van der Waals surface area (Å²) in [5.41, 5.74) is 6.08. The lowest BCUT2D eigenvalue weighted by Gasteiger charge is -2.10. The highest BCUT2D eigenvalue weighted by Gasteiger charge is 2.13. The number of pyridine rings is 2. The van der Waals surface area contributed by atoms with Gasteiger partial charge >= 0.3 is 0 Å². The number of hydrogen-bond donors (Lipinski definition) is 2. The Labute approximate surface area is 139 Å². The average molecular weight is 315 g/mol. The largest absolute Gasteiger partial charge is 0.373 e. The third-order valence-corrected chi connectivity index (χ3v) is 4.29. The number of nitrogens with one attached hydrogen (secondary N) is 2. The van der Waals surface area contributed by atoms with Crippen molar-refractivity contribution in [1.29, 1.82) is 0 Å². The summed E-state index contributed by atoms with van der Waals surface area (Å²) in [5, 5.41) is 5.24. The fraction of sp³-hybridized carbons (Fsp3) is 0.105. The molecule has 0 aliphatic heterocycles. The molecular formula is C19H17N5. The summed E-state index contributed by atoms with van der Waals surface area (Å²) >= 11 is 0. The smallest absolute Gasteiger partial charge is 0.126 e. The fourth-order valence-electron chi connectivity index (χ4n) is 3.04. The minimum Gasteiger partial charge on any atom is -0.373 e. The number of aromatic amines is 1. The molecule has 3 aromatic heterocycles. The van der Waals surface area contributed by atoms with Gasteiger partial charge in [0.25, 0.3) is 0 Å². The topological polar surface area (TPSA) is 66.5 Å². The third-order valence-electron chi connectivity index (χ3n) is 4.29. The number of fused-ring (bicyclic) bond motifs is 3. The number of aryl methyl sites for hydroxylation is 1. The van der Waals surface area contributed by atoms with E-state index in [1.54, 1.807) is 12.4 Å². The number of nitrogens with zero attached hydrogens (tertiary/aromatic N) is 3. The van der Waals surface area contributed by atoms with Gasteiger partial charge in [-0.15, -0.1) is 0 Å². The summed E-state index contributed by atoms with van der Waals surface area (Å²) in [6.45, 7) is 5.86. The summed E-state index contributed by atoms with van der Waals surface area (Å²) in [4.78, 5) is 16.7.